The Hall–Kier alpha value is -2.99. The van der Waals surface area contributed by atoms with E-state index in [0.29, 0.717) is 0 Å². The van der Waals surface area contributed by atoms with Gasteiger partial charge in [-0.05, 0) is 18.2 Å². The van der Waals surface area contributed by atoms with Crippen molar-refractivity contribution in [2.24, 2.45) is 0 Å². The molecule has 1 aromatic carbocycles. The van der Waals surface area contributed by atoms with Crippen molar-refractivity contribution in [2.75, 3.05) is 59.1 Å². The fourth-order valence-corrected chi connectivity index (χ4v) is 10.2. The number of carbonyl (C=O) groups excluding carboxylic acids is 1. The molecule has 32 atom stereocenters. The molecule has 0 spiro atoms. The highest BCUT2D eigenvalue weighted by atomic mass is 16.8. The van der Waals surface area contributed by atoms with Gasteiger partial charge in [-0.25, -0.2) is 4.79 Å². The number of anilines is 1. The van der Waals surface area contributed by atoms with Crippen molar-refractivity contribution in [3.8, 4) is 5.75 Å². The number of nitrogens with two attached hydrogens (primary N) is 1. The second kappa shape index (κ2) is 29.1. The number of esters is 1. The predicted molar refractivity (Wildman–Crippen MR) is 259 cm³/mol. The molecule has 0 radical (unpaired) electrons. The number of ether oxygens (including phenoxy) is 15. The summed E-state index contributed by atoms with van der Waals surface area (Å²) in [5, 5.41) is 206. The number of benzene rings is 1. The minimum atomic E-state index is -2.33. The standard InChI is InChI=1S/C48H75NO35/c1-70-41(69)15-4-13(49)2-3-19(15)77-45-35(66)29(60)38(20(7-51)78-45)82-47-36(67)30(61)40(23(80-47)12-74-43-33(64)25(56)18(54)9-72-43)84-48-37(68)31(62)39(22(81-48)11-73-42-32(63)24(55)17(53)8-71-42)83-46-34(65)28(59)27(58)21(79-46)10-75-44-26(57)16(52)5-14(6-50)76-44/h2-4,14,16-18,20-40,42-48,50-68H,5-12,49H2,1H3/t14?,16?,17-,18-,20?,21?,22?,23?,24?,25?,26?,27-,28?,29?,30?,31?,32?,33?,34?,35?,36?,37?,38-,39-,40-,42-,43-,44+,45-,46+,47+,48+/m1/s1. The van der Waals surface area contributed by atoms with Gasteiger partial charge in [-0.1, -0.05) is 0 Å². The maximum Gasteiger partial charge on any atom is 0.341 e. The van der Waals surface area contributed by atoms with Crippen molar-refractivity contribution in [3.63, 3.8) is 0 Å². The van der Waals surface area contributed by atoms with Crippen LogP contribution in [0.2, 0.25) is 0 Å². The normalized spacial score (nSPS) is 47.7. The highest BCUT2D eigenvalue weighted by molar-refractivity contribution is 5.93. The first kappa shape index (κ1) is 67.0. The molecule has 482 valence electrons. The first-order valence-electron chi connectivity index (χ1n) is 26.6. The van der Waals surface area contributed by atoms with Crippen LogP contribution in [0.15, 0.2) is 18.2 Å². The number of nitrogen functional groups attached to an aromatic ring is 1. The van der Waals surface area contributed by atoms with Gasteiger partial charge >= 0.3 is 5.97 Å². The summed E-state index contributed by atoms with van der Waals surface area (Å²) in [6.07, 6.45) is -60.6. The molecule has 0 amide bonds. The Bertz CT molecular complexity index is 2230. The number of aliphatic hydroxyl groups excluding tert-OH is 19. The topological polar surface area (TPSA) is 566 Å². The third-order valence-corrected chi connectivity index (χ3v) is 15.2. The summed E-state index contributed by atoms with van der Waals surface area (Å²) in [6.45, 7) is -5.24. The molecule has 19 unspecified atom stereocenters. The Balaban J connectivity index is 1.02. The van der Waals surface area contributed by atoms with E-state index >= 15 is 0 Å². The van der Waals surface area contributed by atoms with Crippen molar-refractivity contribution >= 4 is 11.7 Å². The summed E-state index contributed by atoms with van der Waals surface area (Å²) >= 11 is 0. The van der Waals surface area contributed by atoms with E-state index in [1.54, 1.807) is 0 Å². The van der Waals surface area contributed by atoms with E-state index < -0.39 is 249 Å². The number of methoxy groups -OCH3 is 1. The number of hydrogen-bond donors (Lipinski definition) is 20. The Kier molecular flexibility index (Phi) is 23.2. The molecular formula is C48H75NO35. The smallest absolute Gasteiger partial charge is 0.341 e. The van der Waals surface area contributed by atoms with E-state index in [2.05, 4.69) is 0 Å². The second-order valence-electron chi connectivity index (χ2n) is 21.0. The third kappa shape index (κ3) is 14.7. The van der Waals surface area contributed by atoms with Gasteiger partial charge in [0.25, 0.3) is 0 Å². The number of hydrogen-bond acceptors (Lipinski definition) is 36. The molecule has 7 aliphatic rings. The molecule has 21 N–H and O–H groups in total. The minimum absolute atomic E-state index is 0.120. The lowest BCUT2D eigenvalue weighted by molar-refractivity contribution is -0.393. The fourth-order valence-electron chi connectivity index (χ4n) is 10.2. The number of rotatable bonds is 20. The van der Waals surface area contributed by atoms with Crippen molar-refractivity contribution in [1.82, 2.24) is 0 Å². The predicted octanol–water partition coefficient (Wildman–Crippen LogP) is -12.5. The maximum absolute atomic E-state index is 12.5. The molecule has 7 aliphatic heterocycles. The van der Waals surface area contributed by atoms with Crippen LogP contribution >= 0.6 is 0 Å². The monoisotopic (exact) mass is 1230 g/mol. The van der Waals surface area contributed by atoms with Crippen molar-refractivity contribution in [3.05, 3.63) is 23.8 Å². The zero-order valence-corrected chi connectivity index (χ0v) is 44.5. The SMILES string of the molecule is COC(=O)c1cc(N)ccc1O[C@@H]1OC(CO)[C@@H](O[C@@H]2OC(CO[C@H]3OC[C@@H](O)C(O)C3O)[C@@H](O[C@@H]3OC(CO[C@H]4OC[C@@H](O)C(O)C4O)[C@@H](O[C@@H]4OC(CO[C@H]5OC(CO)CC(O)C5O)[C@@H](O)C(O)C4O)C(O)C3O)C(O)C2O)C(O)C1O. The largest absolute Gasteiger partial charge is 0.465 e. The molecule has 8 rings (SSSR count). The summed E-state index contributed by atoms with van der Waals surface area (Å²) in [5.41, 5.74) is 5.72. The maximum atomic E-state index is 12.5. The lowest BCUT2D eigenvalue weighted by Crippen LogP contribution is -2.68. The number of carbonyl (C=O) groups is 1. The van der Waals surface area contributed by atoms with E-state index in [9.17, 15) is 102 Å². The molecular weight excluding hydrogens is 1150 g/mol. The van der Waals surface area contributed by atoms with Crippen LogP contribution in [-0.4, -0.2) is 353 Å². The van der Waals surface area contributed by atoms with Gasteiger partial charge in [0, 0.05) is 12.1 Å². The van der Waals surface area contributed by atoms with Crippen LogP contribution in [0, 0.1) is 0 Å². The quantitative estimate of drug-likeness (QED) is 0.0426. The Morgan fingerprint density at radius 2 is 0.893 bits per heavy atom. The fraction of sp³-hybridized carbons (Fsp3) is 0.854. The van der Waals surface area contributed by atoms with Crippen molar-refractivity contribution in [2.45, 2.75) is 203 Å². The third-order valence-electron chi connectivity index (χ3n) is 15.2. The summed E-state index contributed by atoms with van der Waals surface area (Å²) in [6, 6.07) is 3.76. The van der Waals surface area contributed by atoms with Crippen LogP contribution in [0.1, 0.15) is 16.8 Å². The van der Waals surface area contributed by atoms with Crippen LogP contribution < -0.4 is 10.5 Å². The van der Waals surface area contributed by atoms with E-state index in [-0.39, 0.29) is 23.4 Å². The van der Waals surface area contributed by atoms with Gasteiger partial charge in [0.15, 0.2) is 37.7 Å². The van der Waals surface area contributed by atoms with Crippen LogP contribution in [0.3, 0.4) is 0 Å². The molecule has 0 aliphatic carbocycles. The van der Waals surface area contributed by atoms with Gasteiger partial charge in [-0.2, -0.15) is 0 Å². The molecule has 7 fully saturated rings. The van der Waals surface area contributed by atoms with Crippen LogP contribution in [0.25, 0.3) is 0 Å². The molecule has 7 heterocycles. The van der Waals surface area contributed by atoms with Gasteiger partial charge in [0.2, 0.25) is 6.29 Å². The zero-order chi connectivity index (χ0) is 61.2. The minimum Gasteiger partial charge on any atom is -0.465 e. The van der Waals surface area contributed by atoms with E-state index in [4.69, 9.17) is 76.8 Å². The molecule has 36 heteroatoms. The molecule has 84 heavy (non-hydrogen) atoms. The first-order chi connectivity index (χ1) is 39.9. The molecule has 36 nitrogen and oxygen atoms in total. The van der Waals surface area contributed by atoms with E-state index in [0.717, 1.165) is 7.11 Å². The van der Waals surface area contributed by atoms with E-state index in [1.165, 1.54) is 18.2 Å². The average Bonchev–Trinajstić information content (AvgIpc) is 2.24. The van der Waals surface area contributed by atoms with E-state index in [1.807, 2.05) is 0 Å². The highest BCUT2D eigenvalue weighted by Gasteiger charge is 2.57. The van der Waals surface area contributed by atoms with Gasteiger partial charge in [-0.3, -0.25) is 0 Å². The van der Waals surface area contributed by atoms with Gasteiger partial charge in [0.05, 0.1) is 65.6 Å². The summed E-state index contributed by atoms with van der Waals surface area (Å²) in [7, 11) is 1.07. The highest BCUT2D eigenvalue weighted by Crippen LogP contribution is 2.37. The van der Waals surface area contributed by atoms with Gasteiger partial charge in [0.1, 0.15) is 152 Å². The van der Waals surface area contributed by atoms with Crippen molar-refractivity contribution in [1.29, 1.82) is 0 Å². The van der Waals surface area contributed by atoms with Gasteiger partial charge < -0.3 is 174 Å². The second-order valence-corrected chi connectivity index (χ2v) is 21.0. The lowest BCUT2D eigenvalue weighted by Gasteiger charge is -2.49. The Labute approximate surface area is 475 Å². The van der Waals surface area contributed by atoms with Crippen LogP contribution in [0.5, 0.6) is 5.75 Å². The number of aliphatic hydroxyl groups is 19. The summed E-state index contributed by atoms with van der Waals surface area (Å²) in [4.78, 5) is 12.5. The van der Waals surface area contributed by atoms with Crippen molar-refractivity contribution < 1.29 is 173 Å². The molecule has 0 saturated carbocycles. The molecule has 0 aromatic heterocycles. The Morgan fingerprint density at radius 3 is 1.38 bits per heavy atom. The molecule has 7 saturated heterocycles. The lowest BCUT2D eigenvalue weighted by atomic mass is 9.95. The summed E-state index contributed by atoms with van der Waals surface area (Å²) < 4.78 is 84.9. The Morgan fingerprint density at radius 1 is 0.464 bits per heavy atom. The molecule has 1 aromatic rings. The molecule has 0 bridgehead atoms. The summed E-state index contributed by atoms with van der Waals surface area (Å²) in [5.74, 6) is -1.14. The zero-order valence-electron chi connectivity index (χ0n) is 44.5. The van der Waals surface area contributed by atoms with Crippen LogP contribution in [-0.2, 0) is 66.3 Å². The van der Waals surface area contributed by atoms with Gasteiger partial charge in [-0.15, -0.1) is 0 Å². The van der Waals surface area contributed by atoms with Crippen LogP contribution in [0.4, 0.5) is 5.69 Å². The first-order valence-corrected chi connectivity index (χ1v) is 26.6. The average molecular weight is 1230 g/mol.